The van der Waals surface area contributed by atoms with Gasteiger partial charge < -0.3 is 10.8 Å². The molecule has 0 spiro atoms. The topological polar surface area (TPSA) is 75.4 Å². The summed E-state index contributed by atoms with van der Waals surface area (Å²) in [6.45, 7) is 0. The lowest BCUT2D eigenvalue weighted by molar-refractivity contribution is -0.120. The summed E-state index contributed by atoms with van der Waals surface area (Å²) in [6, 6.07) is 3.06. The van der Waals surface area contributed by atoms with Crippen LogP contribution in [-0.4, -0.2) is 17.1 Å². The maximum atomic E-state index is 13.3. The fourth-order valence-corrected chi connectivity index (χ4v) is 2.61. The molecular weight excluding hydrogens is 247 g/mol. The molecule has 0 aromatic heterocycles. The van der Waals surface area contributed by atoms with E-state index in [9.17, 15) is 14.3 Å². The van der Waals surface area contributed by atoms with Crippen molar-refractivity contribution in [2.75, 3.05) is 0 Å². The van der Waals surface area contributed by atoms with Gasteiger partial charge in [0.2, 0.25) is 5.91 Å². The molecular formula is C14H19FN2O2. The van der Waals surface area contributed by atoms with Crippen LogP contribution in [0, 0.1) is 5.82 Å². The number of nitrogens with one attached hydrogen (secondary N) is 1. The molecule has 1 aromatic rings. The Morgan fingerprint density at radius 1 is 1.32 bits per heavy atom. The first-order valence-electron chi connectivity index (χ1n) is 6.61. The minimum Gasteiger partial charge on any atom is -0.508 e. The Bertz CT molecular complexity index is 439. The van der Waals surface area contributed by atoms with Gasteiger partial charge in [-0.3, -0.25) is 10.1 Å². The maximum Gasteiger partial charge on any atom is 0.239 e. The van der Waals surface area contributed by atoms with Gasteiger partial charge in [0.15, 0.2) is 0 Å². The predicted molar refractivity (Wildman–Crippen MR) is 70.0 cm³/mol. The number of carbonyl (C=O) groups is 1. The number of amides is 1. The molecule has 0 saturated heterocycles. The van der Waals surface area contributed by atoms with Crippen molar-refractivity contribution in [1.29, 1.82) is 0 Å². The summed E-state index contributed by atoms with van der Waals surface area (Å²) >= 11 is 0. The Balaban J connectivity index is 2.16. The summed E-state index contributed by atoms with van der Waals surface area (Å²) in [5.74, 6) is -1.34. The van der Waals surface area contributed by atoms with Gasteiger partial charge in [-0.1, -0.05) is 19.3 Å². The SMILES string of the molecule is NC(=O)C(NC1CCCCC1)c1cc(O)cc(F)c1. The normalized spacial score (nSPS) is 18.2. The molecule has 4 N–H and O–H groups in total. The number of hydrogen-bond donors (Lipinski definition) is 3. The van der Waals surface area contributed by atoms with Crippen LogP contribution in [-0.2, 0) is 4.79 Å². The van der Waals surface area contributed by atoms with Crippen LogP contribution in [0.2, 0.25) is 0 Å². The molecule has 4 nitrogen and oxygen atoms in total. The van der Waals surface area contributed by atoms with E-state index in [0.29, 0.717) is 5.56 Å². The Hall–Kier alpha value is -1.62. The molecule has 1 saturated carbocycles. The van der Waals surface area contributed by atoms with Gasteiger partial charge in [-0.25, -0.2) is 4.39 Å². The second-order valence-corrected chi connectivity index (χ2v) is 5.08. The number of halogens is 1. The molecule has 1 fully saturated rings. The minimum absolute atomic E-state index is 0.202. The van der Waals surface area contributed by atoms with Gasteiger partial charge in [-0.15, -0.1) is 0 Å². The summed E-state index contributed by atoms with van der Waals surface area (Å²) < 4.78 is 13.3. The van der Waals surface area contributed by atoms with Crippen LogP contribution in [0.4, 0.5) is 4.39 Å². The first-order valence-corrected chi connectivity index (χ1v) is 6.61. The van der Waals surface area contributed by atoms with E-state index in [2.05, 4.69) is 5.32 Å². The predicted octanol–water partition coefficient (Wildman–Crippen LogP) is 1.98. The van der Waals surface area contributed by atoms with Gasteiger partial charge >= 0.3 is 0 Å². The van der Waals surface area contributed by atoms with Gasteiger partial charge in [0, 0.05) is 12.1 Å². The zero-order valence-electron chi connectivity index (χ0n) is 10.7. The van der Waals surface area contributed by atoms with Crippen molar-refractivity contribution in [3.63, 3.8) is 0 Å². The average Bonchev–Trinajstić information content (AvgIpc) is 2.35. The van der Waals surface area contributed by atoms with Crippen molar-refractivity contribution in [3.8, 4) is 5.75 Å². The highest BCUT2D eigenvalue weighted by Crippen LogP contribution is 2.24. The quantitative estimate of drug-likeness (QED) is 0.780. The van der Waals surface area contributed by atoms with E-state index < -0.39 is 17.8 Å². The number of phenols is 1. The molecule has 1 aliphatic rings. The van der Waals surface area contributed by atoms with Crippen molar-refractivity contribution in [2.45, 2.75) is 44.2 Å². The highest BCUT2D eigenvalue weighted by atomic mass is 19.1. The second kappa shape index (κ2) is 6.02. The number of hydrogen-bond acceptors (Lipinski definition) is 3. The number of phenolic OH excluding ortho intramolecular Hbond substituents is 1. The van der Waals surface area contributed by atoms with E-state index in [1.807, 2.05) is 0 Å². The van der Waals surface area contributed by atoms with Crippen LogP contribution in [0.1, 0.15) is 43.7 Å². The number of benzene rings is 1. The average molecular weight is 266 g/mol. The first kappa shape index (κ1) is 13.8. The first-order chi connectivity index (χ1) is 9.06. The van der Waals surface area contributed by atoms with Gasteiger partial charge in [0.1, 0.15) is 17.6 Å². The van der Waals surface area contributed by atoms with E-state index in [1.165, 1.54) is 18.6 Å². The zero-order valence-corrected chi connectivity index (χ0v) is 10.7. The molecule has 0 bridgehead atoms. The molecule has 1 amide bonds. The molecule has 0 radical (unpaired) electrons. The fraction of sp³-hybridized carbons (Fsp3) is 0.500. The molecule has 1 atom stereocenters. The Morgan fingerprint density at radius 3 is 2.58 bits per heavy atom. The van der Waals surface area contributed by atoms with Crippen LogP contribution in [0.25, 0.3) is 0 Å². The highest BCUT2D eigenvalue weighted by Gasteiger charge is 2.23. The minimum atomic E-state index is -0.760. The number of rotatable bonds is 4. The standard InChI is InChI=1S/C14H19FN2O2/c15-10-6-9(7-12(18)8-10)13(14(16)19)17-11-4-2-1-3-5-11/h6-8,11,13,17-18H,1-5H2,(H2,16,19). The monoisotopic (exact) mass is 266 g/mol. The van der Waals surface area contributed by atoms with Crippen LogP contribution in [0.15, 0.2) is 18.2 Å². The number of carbonyl (C=O) groups excluding carboxylic acids is 1. The smallest absolute Gasteiger partial charge is 0.239 e. The third kappa shape index (κ3) is 3.67. The van der Waals surface area contributed by atoms with Gasteiger partial charge in [-0.05, 0) is 30.5 Å². The van der Waals surface area contributed by atoms with Crippen molar-refractivity contribution in [3.05, 3.63) is 29.6 Å². The van der Waals surface area contributed by atoms with E-state index in [1.54, 1.807) is 0 Å². The molecule has 5 heteroatoms. The zero-order chi connectivity index (χ0) is 13.8. The van der Waals surface area contributed by atoms with Crippen LogP contribution in [0.3, 0.4) is 0 Å². The number of aromatic hydroxyl groups is 1. The molecule has 0 heterocycles. The van der Waals surface area contributed by atoms with Crippen LogP contribution >= 0.6 is 0 Å². The van der Waals surface area contributed by atoms with Crippen molar-refractivity contribution < 1.29 is 14.3 Å². The summed E-state index contributed by atoms with van der Waals surface area (Å²) in [5, 5.41) is 12.6. The molecule has 0 aliphatic heterocycles. The van der Waals surface area contributed by atoms with Crippen LogP contribution in [0.5, 0.6) is 5.75 Å². The Labute approximate surface area is 111 Å². The van der Waals surface area contributed by atoms with Crippen molar-refractivity contribution in [2.24, 2.45) is 5.73 Å². The summed E-state index contributed by atoms with van der Waals surface area (Å²) in [4.78, 5) is 11.6. The fourth-order valence-electron chi connectivity index (χ4n) is 2.61. The molecule has 1 aliphatic carbocycles. The molecule has 104 valence electrons. The van der Waals surface area contributed by atoms with E-state index in [4.69, 9.17) is 5.73 Å². The molecule has 2 rings (SSSR count). The summed E-state index contributed by atoms with van der Waals surface area (Å²) in [5.41, 5.74) is 5.75. The third-order valence-corrected chi connectivity index (χ3v) is 3.53. The highest BCUT2D eigenvalue weighted by molar-refractivity contribution is 5.81. The van der Waals surface area contributed by atoms with Crippen molar-refractivity contribution in [1.82, 2.24) is 5.32 Å². The van der Waals surface area contributed by atoms with Crippen molar-refractivity contribution >= 4 is 5.91 Å². The number of primary amides is 1. The van der Waals surface area contributed by atoms with E-state index in [0.717, 1.165) is 31.7 Å². The lowest BCUT2D eigenvalue weighted by Crippen LogP contribution is -2.41. The Kier molecular flexibility index (Phi) is 4.37. The van der Waals surface area contributed by atoms with Gasteiger partial charge in [0.05, 0.1) is 0 Å². The summed E-state index contributed by atoms with van der Waals surface area (Å²) in [6.07, 6.45) is 5.44. The largest absolute Gasteiger partial charge is 0.508 e. The van der Waals surface area contributed by atoms with E-state index in [-0.39, 0.29) is 11.8 Å². The van der Waals surface area contributed by atoms with Gasteiger partial charge in [-0.2, -0.15) is 0 Å². The van der Waals surface area contributed by atoms with Crippen LogP contribution < -0.4 is 11.1 Å². The maximum absolute atomic E-state index is 13.3. The second-order valence-electron chi connectivity index (χ2n) is 5.08. The lowest BCUT2D eigenvalue weighted by atomic mass is 9.94. The Morgan fingerprint density at radius 2 is 2.00 bits per heavy atom. The lowest BCUT2D eigenvalue weighted by Gasteiger charge is -2.27. The third-order valence-electron chi connectivity index (χ3n) is 3.53. The molecule has 1 unspecified atom stereocenters. The van der Waals surface area contributed by atoms with Gasteiger partial charge in [0.25, 0.3) is 0 Å². The van der Waals surface area contributed by atoms with E-state index >= 15 is 0 Å². The molecule has 19 heavy (non-hydrogen) atoms. The number of nitrogens with two attached hydrogens (primary N) is 1. The summed E-state index contributed by atoms with van der Waals surface area (Å²) in [7, 11) is 0. The molecule has 1 aromatic carbocycles.